The van der Waals surface area contributed by atoms with Crippen LogP contribution in [0.4, 0.5) is 0 Å². The fourth-order valence-electron chi connectivity index (χ4n) is 3.02. The lowest BCUT2D eigenvalue weighted by Gasteiger charge is -2.31. The summed E-state index contributed by atoms with van der Waals surface area (Å²) in [6.45, 7) is 3.00. The average Bonchev–Trinajstić information content (AvgIpc) is 2.32. The lowest BCUT2D eigenvalue weighted by atomic mass is 9.74. The Morgan fingerprint density at radius 1 is 1.12 bits per heavy atom. The van der Waals surface area contributed by atoms with Crippen molar-refractivity contribution in [2.45, 2.75) is 44.9 Å². The van der Waals surface area contributed by atoms with Gasteiger partial charge in [0.25, 0.3) is 0 Å². The minimum absolute atomic E-state index is 0.762. The minimum atomic E-state index is 0.762. The molecule has 1 nitrogen and oxygen atoms in total. The Bertz CT molecular complexity index is 313. The number of hydrogen-bond donors (Lipinski definition) is 1. The Balaban J connectivity index is 2.13. The Kier molecular flexibility index (Phi) is 4.00. The number of aryl methyl sites for hydroxylation is 1. The highest BCUT2D eigenvalue weighted by atomic mass is 14.5. The highest BCUT2D eigenvalue weighted by Crippen LogP contribution is 2.39. The summed E-state index contributed by atoms with van der Waals surface area (Å²) in [5, 5.41) is 0. The van der Waals surface area contributed by atoms with Crippen molar-refractivity contribution in [3.05, 3.63) is 35.4 Å². The second kappa shape index (κ2) is 5.49. The van der Waals surface area contributed by atoms with Crippen LogP contribution in [0.3, 0.4) is 0 Å². The van der Waals surface area contributed by atoms with Gasteiger partial charge < -0.3 is 5.73 Å². The van der Waals surface area contributed by atoms with Crippen LogP contribution in [-0.2, 0) is 0 Å². The van der Waals surface area contributed by atoms with Crippen LogP contribution < -0.4 is 5.73 Å². The molecule has 2 rings (SSSR count). The van der Waals surface area contributed by atoms with Crippen molar-refractivity contribution in [1.82, 2.24) is 0 Å². The quantitative estimate of drug-likeness (QED) is 0.822. The molecule has 1 aliphatic carbocycles. The zero-order valence-corrected chi connectivity index (χ0v) is 10.3. The van der Waals surface area contributed by atoms with Crippen LogP contribution in [0.25, 0.3) is 0 Å². The Morgan fingerprint density at radius 3 is 2.50 bits per heavy atom. The van der Waals surface area contributed by atoms with Crippen LogP contribution in [0.2, 0.25) is 0 Å². The van der Waals surface area contributed by atoms with Crippen LogP contribution in [0.15, 0.2) is 24.3 Å². The molecular formula is C15H23N. The number of nitrogens with two attached hydrogens (primary N) is 1. The molecule has 0 amide bonds. The largest absolute Gasteiger partial charge is 0.330 e. The summed E-state index contributed by atoms with van der Waals surface area (Å²) in [5.74, 6) is 1.58. The maximum absolute atomic E-state index is 5.72. The lowest BCUT2D eigenvalue weighted by Crippen LogP contribution is -2.20. The third kappa shape index (κ3) is 2.65. The van der Waals surface area contributed by atoms with Crippen molar-refractivity contribution in [3.8, 4) is 0 Å². The molecule has 1 heteroatoms. The van der Waals surface area contributed by atoms with Gasteiger partial charge in [0.1, 0.15) is 0 Å². The minimum Gasteiger partial charge on any atom is -0.330 e. The summed E-state index contributed by atoms with van der Waals surface area (Å²) in [6.07, 6.45) is 6.70. The summed E-state index contributed by atoms with van der Waals surface area (Å²) < 4.78 is 0. The van der Waals surface area contributed by atoms with Gasteiger partial charge in [-0.05, 0) is 50.1 Å². The third-order valence-electron chi connectivity index (χ3n) is 3.95. The van der Waals surface area contributed by atoms with Crippen molar-refractivity contribution in [3.63, 3.8) is 0 Å². The van der Waals surface area contributed by atoms with Crippen LogP contribution in [-0.4, -0.2) is 6.54 Å². The van der Waals surface area contributed by atoms with E-state index in [-0.39, 0.29) is 0 Å². The van der Waals surface area contributed by atoms with Crippen LogP contribution in [0.1, 0.15) is 49.1 Å². The van der Waals surface area contributed by atoms with Crippen LogP contribution in [0, 0.1) is 12.8 Å². The first-order valence-electron chi connectivity index (χ1n) is 6.58. The smallest absolute Gasteiger partial charge is 0.00744 e. The number of hydrogen-bond acceptors (Lipinski definition) is 1. The lowest BCUT2D eigenvalue weighted by molar-refractivity contribution is 0.294. The van der Waals surface area contributed by atoms with E-state index < -0.39 is 0 Å². The van der Waals surface area contributed by atoms with Crippen molar-refractivity contribution in [2.24, 2.45) is 11.7 Å². The molecule has 1 saturated carbocycles. The SMILES string of the molecule is Cc1ccc(C2CCCCC2CCN)cc1. The van der Waals surface area contributed by atoms with Crippen LogP contribution in [0.5, 0.6) is 0 Å². The topological polar surface area (TPSA) is 26.0 Å². The van der Waals surface area contributed by atoms with Gasteiger partial charge in [-0.25, -0.2) is 0 Å². The molecule has 2 N–H and O–H groups in total. The second-order valence-electron chi connectivity index (χ2n) is 5.14. The van der Waals surface area contributed by atoms with E-state index in [9.17, 15) is 0 Å². The summed E-state index contributed by atoms with van der Waals surface area (Å²) >= 11 is 0. The zero-order valence-electron chi connectivity index (χ0n) is 10.3. The summed E-state index contributed by atoms with van der Waals surface area (Å²) in [5.41, 5.74) is 8.61. The molecule has 1 aromatic carbocycles. The first-order chi connectivity index (χ1) is 7.81. The monoisotopic (exact) mass is 217 g/mol. The normalized spacial score (nSPS) is 25.6. The molecule has 0 bridgehead atoms. The summed E-state index contributed by atoms with van der Waals surface area (Å²) in [4.78, 5) is 0. The molecule has 0 aromatic heterocycles. The first kappa shape index (κ1) is 11.7. The third-order valence-corrected chi connectivity index (χ3v) is 3.95. The molecule has 0 heterocycles. The fraction of sp³-hybridized carbons (Fsp3) is 0.600. The van der Waals surface area contributed by atoms with E-state index in [0.717, 1.165) is 18.4 Å². The second-order valence-corrected chi connectivity index (χ2v) is 5.14. The maximum Gasteiger partial charge on any atom is -0.00744 e. The van der Waals surface area contributed by atoms with Gasteiger partial charge in [-0.3, -0.25) is 0 Å². The van der Waals surface area contributed by atoms with E-state index >= 15 is 0 Å². The van der Waals surface area contributed by atoms with E-state index in [1.807, 2.05) is 0 Å². The van der Waals surface area contributed by atoms with Gasteiger partial charge in [-0.1, -0.05) is 42.7 Å². The number of benzene rings is 1. The van der Waals surface area contributed by atoms with Gasteiger partial charge in [-0.15, -0.1) is 0 Å². The highest BCUT2D eigenvalue weighted by molar-refractivity contribution is 5.25. The number of rotatable bonds is 3. The zero-order chi connectivity index (χ0) is 11.4. The standard InChI is InChI=1S/C15H23N/c1-12-6-8-14(9-7-12)15-5-3-2-4-13(15)10-11-16/h6-9,13,15H,2-5,10-11,16H2,1H3. The first-order valence-corrected chi connectivity index (χ1v) is 6.58. The van der Waals surface area contributed by atoms with E-state index in [1.165, 1.54) is 43.2 Å². The van der Waals surface area contributed by atoms with Crippen molar-refractivity contribution >= 4 is 0 Å². The van der Waals surface area contributed by atoms with E-state index in [2.05, 4.69) is 31.2 Å². The Labute approximate surface area is 99.0 Å². The molecule has 2 atom stereocenters. The molecule has 0 spiro atoms. The molecule has 2 unspecified atom stereocenters. The van der Waals surface area contributed by atoms with Crippen LogP contribution >= 0.6 is 0 Å². The fourth-order valence-corrected chi connectivity index (χ4v) is 3.02. The van der Waals surface area contributed by atoms with Gasteiger partial charge in [0.15, 0.2) is 0 Å². The van der Waals surface area contributed by atoms with Crippen molar-refractivity contribution in [2.75, 3.05) is 6.54 Å². The molecule has 1 fully saturated rings. The summed E-state index contributed by atoms with van der Waals surface area (Å²) in [7, 11) is 0. The van der Waals surface area contributed by atoms with Gasteiger partial charge in [-0.2, -0.15) is 0 Å². The van der Waals surface area contributed by atoms with Gasteiger partial charge in [0.05, 0.1) is 0 Å². The van der Waals surface area contributed by atoms with Crippen molar-refractivity contribution < 1.29 is 0 Å². The molecule has 0 aliphatic heterocycles. The van der Waals surface area contributed by atoms with Gasteiger partial charge in [0, 0.05) is 0 Å². The molecular weight excluding hydrogens is 194 g/mol. The Morgan fingerprint density at radius 2 is 1.81 bits per heavy atom. The van der Waals surface area contributed by atoms with Crippen molar-refractivity contribution in [1.29, 1.82) is 0 Å². The predicted octanol–water partition coefficient (Wildman–Crippen LogP) is 3.62. The molecule has 88 valence electrons. The van der Waals surface area contributed by atoms with E-state index in [4.69, 9.17) is 5.73 Å². The van der Waals surface area contributed by atoms with Gasteiger partial charge >= 0.3 is 0 Å². The predicted molar refractivity (Wildman–Crippen MR) is 69.5 cm³/mol. The summed E-state index contributed by atoms with van der Waals surface area (Å²) in [6, 6.07) is 9.11. The molecule has 0 saturated heterocycles. The molecule has 1 aromatic rings. The Hall–Kier alpha value is -0.820. The molecule has 0 radical (unpaired) electrons. The highest BCUT2D eigenvalue weighted by Gasteiger charge is 2.25. The van der Waals surface area contributed by atoms with E-state index in [1.54, 1.807) is 0 Å². The van der Waals surface area contributed by atoms with Gasteiger partial charge in [0.2, 0.25) is 0 Å². The van der Waals surface area contributed by atoms with E-state index in [0.29, 0.717) is 0 Å². The average molecular weight is 217 g/mol. The molecule has 1 aliphatic rings. The maximum atomic E-state index is 5.72. The molecule has 16 heavy (non-hydrogen) atoms.